The van der Waals surface area contributed by atoms with E-state index in [1.807, 2.05) is 30.5 Å². The summed E-state index contributed by atoms with van der Waals surface area (Å²) in [5, 5.41) is 11.6. The minimum atomic E-state index is 0.440. The van der Waals surface area contributed by atoms with Crippen molar-refractivity contribution in [2.45, 2.75) is 33.0 Å². The third kappa shape index (κ3) is 2.85. The number of rotatable bonds is 5. The monoisotopic (exact) mass is 270 g/mol. The Hall–Kier alpha value is -2.21. The Balaban J connectivity index is 1.71. The Kier molecular flexibility index (Phi) is 3.47. The summed E-state index contributed by atoms with van der Waals surface area (Å²) in [6.45, 7) is 5.55. The van der Waals surface area contributed by atoms with E-state index in [0.717, 1.165) is 29.1 Å². The van der Waals surface area contributed by atoms with Gasteiger partial charge in [0, 0.05) is 12.6 Å². The summed E-state index contributed by atoms with van der Waals surface area (Å²) in [6.07, 6.45) is 1.95. The molecule has 0 aliphatic carbocycles. The van der Waals surface area contributed by atoms with E-state index in [0.29, 0.717) is 12.6 Å². The number of fused-ring (bicyclic) bond motifs is 1. The SMILES string of the molecule is CC(C)NCc1cn(Cc2nc3ccccc3[nH]2)nn1. The van der Waals surface area contributed by atoms with Gasteiger partial charge >= 0.3 is 0 Å². The van der Waals surface area contributed by atoms with Crippen LogP contribution in [0, 0.1) is 0 Å². The molecule has 0 saturated carbocycles. The van der Waals surface area contributed by atoms with Gasteiger partial charge in [0.15, 0.2) is 0 Å². The molecule has 2 aromatic heterocycles. The molecule has 0 unspecified atom stereocenters. The predicted octanol–water partition coefficient (Wildman–Crippen LogP) is 1.70. The standard InChI is InChI=1S/C14H18N6/c1-10(2)15-7-11-8-20(19-18-11)9-14-16-12-5-3-4-6-13(12)17-14/h3-6,8,10,15H,7,9H2,1-2H3,(H,16,17). The van der Waals surface area contributed by atoms with Crippen molar-refractivity contribution in [1.82, 2.24) is 30.3 Å². The molecule has 104 valence electrons. The van der Waals surface area contributed by atoms with Gasteiger partial charge in [0.1, 0.15) is 12.4 Å². The first-order valence-electron chi connectivity index (χ1n) is 6.77. The molecule has 0 bridgehead atoms. The number of nitrogens with zero attached hydrogens (tertiary/aromatic N) is 4. The van der Waals surface area contributed by atoms with Crippen LogP contribution in [0.2, 0.25) is 0 Å². The molecule has 2 N–H and O–H groups in total. The van der Waals surface area contributed by atoms with Crippen molar-refractivity contribution in [3.05, 3.63) is 42.0 Å². The van der Waals surface area contributed by atoms with Crippen molar-refractivity contribution in [2.75, 3.05) is 0 Å². The van der Waals surface area contributed by atoms with Gasteiger partial charge < -0.3 is 10.3 Å². The van der Waals surface area contributed by atoms with E-state index in [9.17, 15) is 0 Å². The maximum absolute atomic E-state index is 4.53. The molecule has 20 heavy (non-hydrogen) atoms. The van der Waals surface area contributed by atoms with Gasteiger partial charge in [-0.1, -0.05) is 31.2 Å². The number of H-pyrrole nitrogens is 1. The highest BCUT2D eigenvalue weighted by Gasteiger charge is 2.05. The molecule has 6 heteroatoms. The molecule has 0 aliphatic rings. The van der Waals surface area contributed by atoms with Gasteiger partial charge in [0.25, 0.3) is 0 Å². The van der Waals surface area contributed by atoms with Gasteiger partial charge in [0.2, 0.25) is 0 Å². The molecule has 1 aromatic carbocycles. The molecular formula is C14H18N6. The molecule has 3 rings (SSSR count). The third-order valence-electron chi connectivity index (χ3n) is 3.03. The fourth-order valence-corrected chi connectivity index (χ4v) is 2.04. The first kappa shape index (κ1) is 12.8. The van der Waals surface area contributed by atoms with Gasteiger partial charge in [-0.3, -0.25) is 0 Å². The summed E-state index contributed by atoms with van der Waals surface area (Å²) >= 11 is 0. The second-order valence-electron chi connectivity index (χ2n) is 5.14. The average molecular weight is 270 g/mol. The first-order chi connectivity index (χ1) is 9.70. The van der Waals surface area contributed by atoms with Crippen LogP contribution in [-0.4, -0.2) is 31.0 Å². The van der Waals surface area contributed by atoms with Crippen LogP contribution in [0.25, 0.3) is 11.0 Å². The fraction of sp³-hybridized carbons (Fsp3) is 0.357. The summed E-state index contributed by atoms with van der Waals surface area (Å²) in [4.78, 5) is 7.82. The highest BCUT2D eigenvalue weighted by Crippen LogP contribution is 2.10. The molecule has 0 amide bonds. The zero-order valence-corrected chi connectivity index (χ0v) is 11.7. The van der Waals surface area contributed by atoms with Gasteiger partial charge in [0.05, 0.1) is 22.9 Å². The quantitative estimate of drug-likeness (QED) is 0.740. The summed E-state index contributed by atoms with van der Waals surface area (Å²) in [5.41, 5.74) is 2.96. The van der Waals surface area contributed by atoms with Crippen molar-refractivity contribution >= 4 is 11.0 Å². The number of hydrogen-bond donors (Lipinski definition) is 2. The molecule has 0 spiro atoms. The van der Waals surface area contributed by atoms with E-state index in [1.54, 1.807) is 4.68 Å². The number of benzene rings is 1. The fourth-order valence-electron chi connectivity index (χ4n) is 2.04. The summed E-state index contributed by atoms with van der Waals surface area (Å²) in [6, 6.07) is 8.43. The van der Waals surface area contributed by atoms with Crippen LogP contribution in [0.1, 0.15) is 25.4 Å². The highest BCUT2D eigenvalue weighted by atomic mass is 15.4. The molecule has 3 aromatic rings. The number of hydrogen-bond acceptors (Lipinski definition) is 4. The Bertz CT molecular complexity index is 663. The summed E-state index contributed by atoms with van der Waals surface area (Å²) in [7, 11) is 0. The van der Waals surface area contributed by atoms with Crippen LogP contribution < -0.4 is 5.32 Å². The lowest BCUT2D eigenvalue weighted by Gasteiger charge is -2.04. The van der Waals surface area contributed by atoms with Crippen LogP contribution >= 0.6 is 0 Å². The van der Waals surface area contributed by atoms with Crippen molar-refractivity contribution in [2.24, 2.45) is 0 Å². The van der Waals surface area contributed by atoms with E-state index in [-0.39, 0.29) is 0 Å². The van der Waals surface area contributed by atoms with Crippen molar-refractivity contribution < 1.29 is 0 Å². The maximum atomic E-state index is 4.53. The van der Waals surface area contributed by atoms with E-state index in [1.165, 1.54) is 0 Å². The molecule has 0 saturated heterocycles. The topological polar surface area (TPSA) is 71.4 Å². The van der Waals surface area contributed by atoms with Crippen molar-refractivity contribution in [3.8, 4) is 0 Å². The normalized spacial score (nSPS) is 11.6. The molecular weight excluding hydrogens is 252 g/mol. The number of aromatic amines is 1. The van der Waals surface area contributed by atoms with Crippen molar-refractivity contribution in [1.29, 1.82) is 0 Å². The Morgan fingerprint density at radius 2 is 2.15 bits per heavy atom. The summed E-state index contributed by atoms with van der Waals surface area (Å²) < 4.78 is 1.80. The number of para-hydroxylation sites is 2. The van der Waals surface area contributed by atoms with Gasteiger partial charge in [-0.05, 0) is 12.1 Å². The molecule has 0 aliphatic heterocycles. The average Bonchev–Trinajstić information content (AvgIpc) is 3.02. The largest absolute Gasteiger partial charge is 0.340 e. The minimum Gasteiger partial charge on any atom is -0.340 e. The highest BCUT2D eigenvalue weighted by molar-refractivity contribution is 5.74. The Morgan fingerprint density at radius 1 is 1.30 bits per heavy atom. The molecule has 0 radical (unpaired) electrons. The van der Waals surface area contributed by atoms with Crippen LogP contribution in [-0.2, 0) is 13.1 Å². The Morgan fingerprint density at radius 3 is 2.95 bits per heavy atom. The van der Waals surface area contributed by atoms with E-state index in [4.69, 9.17) is 0 Å². The number of aromatic nitrogens is 5. The minimum absolute atomic E-state index is 0.440. The number of nitrogens with one attached hydrogen (secondary N) is 2. The first-order valence-corrected chi connectivity index (χ1v) is 6.77. The lowest BCUT2D eigenvalue weighted by atomic mass is 10.3. The lowest BCUT2D eigenvalue weighted by molar-refractivity contribution is 0.580. The van der Waals surface area contributed by atoms with Crippen LogP contribution in [0.15, 0.2) is 30.5 Å². The van der Waals surface area contributed by atoms with Gasteiger partial charge in [-0.25, -0.2) is 9.67 Å². The molecule has 6 nitrogen and oxygen atoms in total. The smallest absolute Gasteiger partial charge is 0.129 e. The zero-order chi connectivity index (χ0) is 13.9. The molecule has 0 atom stereocenters. The van der Waals surface area contributed by atoms with Crippen molar-refractivity contribution in [3.63, 3.8) is 0 Å². The van der Waals surface area contributed by atoms with Crippen LogP contribution in [0.3, 0.4) is 0 Å². The van der Waals surface area contributed by atoms with E-state index >= 15 is 0 Å². The van der Waals surface area contributed by atoms with Gasteiger partial charge in [-0.2, -0.15) is 0 Å². The zero-order valence-electron chi connectivity index (χ0n) is 11.7. The molecule has 0 fully saturated rings. The molecule has 2 heterocycles. The van der Waals surface area contributed by atoms with E-state index in [2.05, 4.69) is 39.4 Å². The Labute approximate surface area is 117 Å². The predicted molar refractivity (Wildman–Crippen MR) is 77.2 cm³/mol. The van der Waals surface area contributed by atoms with Crippen LogP contribution in [0.5, 0.6) is 0 Å². The van der Waals surface area contributed by atoms with Gasteiger partial charge in [-0.15, -0.1) is 5.10 Å². The van der Waals surface area contributed by atoms with E-state index < -0.39 is 0 Å². The second kappa shape index (κ2) is 5.42. The summed E-state index contributed by atoms with van der Waals surface area (Å²) in [5.74, 6) is 0.888. The van der Waals surface area contributed by atoms with Crippen LogP contribution in [0.4, 0.5) is 0 Å². The lowest BCUT2D eigenvalue weighted by Crippen LogP contribution is -2.21. The number of imidazole rings is 1. The second-order valence-corrected chi connectivity index (χ2v) is 5.14. The third-order valence-corrected chi connectivity index (χ3v) is 3.03. The maximum Gasteiger partial charge on any atom is 0.129 e.